The van der Waals surface area contributed by atoms with Crippen LogP contribution in [0.5, 0.6) is 0 Å². The van der Waals surface area contributed by atoms with Gasteiger partial charge < -0.3 is 5.32 Å². The summed E-state index contributed by atoms with van der Waals surface area (Å²) in [5.41, 5.74) is 4.13. The second-order valence-electron chi connectivity index (χ2n) is 3.81. The second kappa shape index (κ2) is 5.17. The number of fused-ring (bicyclic) bond motifs is 1. The maximum absolute atomic E-state index is 4.11. The van der Waals surface area contributed by atoms with Crippen LogP contribution in [0.15, 0.2) is 73.6 Å². The number of hydrogen-bond donors (Lipinski definition) is 1. The molecule has 1 aromatic rings. The molecule has 0 unspecified atom stereocenters. The Balaban J connectivity index is 2.50. The first-order valence-electron chi connectivity index (χ1n) is 5.52. The molecule has 0 spiro atoms. The van der Waals surface area contributed by atoms with Crippen LogP contribution >= 0.6 is 0 Å². The molecule has 1 aliphatic rings. The number of benzene rings is 1. The standard InChI is InChI=1S/C16H15N/c1-13-7-5-6-11-17-12-10-15-8-3-4-9-16(15)14(13)2/h3-12,17H,1-2H2/b7-5-,11-6-,12-10-. The van der Waals surface area contributed by atoms with Crippen molar-refractivity contribution >= 4 is 11.6 Å². The van der Waals surface area contributed by atoms with Gasteiger partial charge in [0.2, 0.25) is 0 Å². The van der Waals surface area contributed by atoms with Crippen molar-refractivity contribution in [1.29, 1.82) is 0 Å². The summed E-state index contributed by atoms with van der Waals surface area (Å²) in [4.78, 5) is 0. The van der Waals surface area contributed by atoms with E-state index in [1.807, 2.05) is 48.8 Å². The molecule has 1 N–H and O–H groups in total. The Kier molecular flexibility index (Phi) is 3.41. The van der Waals surface area contributed by atoms with E-state index in [-0.39, 0.29) is 0 Å². The van der Waals surface area contributed by atoms with Gasteiger partial charge in [-0.05, 0) is 34.4 Å². The molecule has 0 saturated heterocycles. The first-order chi connectivity index (χ1) is 8.29. The van der Waals surface area contributed by atoms with Crippen molar-refractivity contribution < 1.29 is 0 Å². The van der Waals surface area contributed by atoms with Crippen LogP contribution in [0.1, 0.15) is 11.1 Å². The Morgan fingerprint density at radius 2 is 1.71 bits per heavy atom. The van der Waals surface area contributed by atoms with Crippen LogP contribution in [-0.4, -0.2) is 0 Å². The van der Waals surface area contributed by atoms with Crippen LogP contribution in [0.25, 0.3) is 11.6 Å². The number of nitrogens with one attached hydrogen (secondary N) is 1. The van der Waals surface area contributed by atoms with Crippen molar-refractivity contribution in [2.75, 3.05) is 0 Å². The average molecular weight is 221 g/mol. The van der Waals surface area contributed by atoms with E-state index >= 15 is 0 Å². The van der Waals surface area contributed by atoms with Gasteiger partial charge >= 0.3 is 0 Å². The third kappa shape index (κ3) is 2.64. The highest BCUT2D eigenvalue weighted by Gasteiger charge is 2.04. The van der Waals surface area contributed by atoms with Gasteiger partial charge in [-0.3, -0.25) is 0 Å². The zero-order valence-electron chi connectivity index (χ0n) is 9.69. The van der Waals surface area contributed by atoms with Crippen molar-refractivity contribution in [3.8, 4) is 0 Å². The fourth-order valence-corrected chi connectivity index (χ4v) is 1.67. The Hall–Kier alpha value is -2.28. The van der Waals surface area contributed by atoms with Gasteiger partial charge in [0.1, 0.15) is 0 Å². The van der Waals surface area contributed by atoms with Crippen LogP contribution in [-0.2, 0) is 0 Å². The summed E-state index contributed by atoms with van der Waals surface area (Å²) in [7, 11) is 0. The van der Waals surface area contributed by atoms with Gasteiger partial charge in [0.15, 0.2) is 0 Å². The first-order valence-corrected chi connectivity index (χ1v) is 5.52. The van der Waals surface area contributed by atoms with Crippen molar-refractivity contribution in [3.63, 3.8) is 0 Å². The molecule has 0 bridgehead atoms. The van der Waals surface area contributed by atoms with Crippen molar-refractivity contribution in [2.45, 2.75) is 0 Å². The Morgan fingerprint density at radius 3 is 2.59 bits per heavy atom. The molecule has 1 nitrogen and oxygen atoms in total. The lowest BCUT2D eigenvalue weighted by Crippen LogP contribution is -1.92. The molecule has 1 aromatic carbocycles. The zero-order valence-corrected chi connectivity index (χ0v) is 9.69. The van der Waals surface area contributed by atoms with E-state index in [1.165, 1.54) is 0 Å². The van der Waals surface area contributed by atoms with Crippen LogP contribution in [0.4, 0.5) is 0 Å². The zero-order chi connectivity index (χ0) is 12.1. The average Bonchev–Trinajstić information content (AvgIpc) is 2.39. The first kappa shape index (κ1) is 11.2. The van der Waals surface area contributed by atoms with Crippen LogP contribution in [0, 0.1) is 0 Å². The third-order valence-electron chi connectivity index (χ3n) is 2.63. The molecule has 0 fully saturated rings. The Morgan fingerprint density at radius 1 is 0.882 bits per heavy atom. The predicted molar refractivity (Wildman–Crippen MR) is 75.1 cm³/mol. The fourth-order valence-electron chi connectivity index (χ4n) is 1.67. The normalized spacial score (nSPS) is 20.7. The third-order valence-corrected chi connectivity index (χ3v) is 2.63. The van der Waals surface area contributed by atoms with E-state index in [0.29, 0.717) is 0 Å². The monoisotopic (exact) mass is 221 g/mol. The smallest absolute Gasteiger partial charge is 0.00106 e. The van der Waals surface area contributed by atoms with E-state index in [9.17, 15) is 0 Å². The van der Waals surface area contributed by atoms with Crippen molar-refractivity contribution in [3.05, 3.63) is 84.8 Å². The largest absolute Gasteiger partial charge is 0.368 e. The molecule has 0 aromatic heterocycles. The number of allylic oxidation sites excluding steroid dienone is 5. The van der Waals surface area contributed by atoms with E-state index < -0.39 is 0 Å². The maximum atomic E-state index is 4.11. The molecule has 2 rings (SSSR count). The summed E-state index contributed by atoms with van der Waals surface area (Å²) >= 11 is 0. The molecular weight excluding hydrogens is 206 g/mol. The lowest BCUT2D eigenvalue weighted by atomic mass is 9.95. The summed E-state index contributed by atoms with van der Waals surface area (Å²) < 4.78 is 0. The van der Waals surface area contributed by atoms with Gasteiger partial charge in [0.25, 0.3) is 0 Å². The Bertz CT molecular complexity index is 530. The van der Waals surface area contributed by atoms with E-state index in [2.05, 4.69) is 30.6 Å². The SMILES string of the molecule is C=C1/C=C\C=C/N/C=C\c2ccccc2C1=C. The quantitative estimate of drug-likeness (QED) is 0.700. The van der Waals surface area contributed by atoms with E-state index in [0.717, 1.165) is 22.3 Å². The summed E-state index contributed by atoms with van der Waals surface area (Å²) in [5, 5.41) is 3.08. The minimum absolute atomic E-state index is 0.928. The summed E-state index contributed by atoms with van der Waals surface area (Å²) in [6.45, 7) is 8.15. The molecule has 1 heterocycles. The van der Waals surface area contributed by atoms with Gasteiger partial charge in [0, 0.05) is 12.4 Å². The molecular formula is C16H15N. The van der Waals surface area contributed by atoms with Crippen molar-refractivity contribution in [2.24, 2.45) is 0 Å². The number of hydrogen-bond acceptors (Lipinski definition) is 1. The van der Waals surface area contributed by atoms with Gasteiger partial charge in [-0.2, -0.15) is 0 Å². The van der Waals surface area contributed by atoms with Gasteiger partial charge in [-0.15, -0.1) is 0 Å². The molecule has 0 amide bonds. The predicted octanol–water partition coefficient (Wildman–Crippen LogP) is 3.90. The minimum Gasteiger partial charge on any atom is -0.368 e. The van der Waals surface area contributed by atoms with Gasteiger partial charge in [-0.1, -0.05) is 49.6 Å². The molecule has 17 heavy (non-hydrogen) atoms. The molecule has 1 heteroatoms. The molecule has 0 radical (unpaired) electrons. The lowest BCUT2D eigenvalue weighted by molar-refractivity contribution is 1.21. The van der Waals surface area contributed by atoms with Gasteiger partial charge in [-0.25, -0.2) is 0 Å². The number of rotatable bonds is 0. The summed E-state index contributed by atoms with van der Waals surface area (Å²) in [5.74, 6) is 0. The highest BCUT2D eigenvalue weighted by Crippen LogP contribution is 2.25. The summed E-state index contributed by atoms with van der Waals surface area (Å²) in [6, 6.07) is 8.16. The minimum atomic E-state index is 0.928. The second-order valence-corrected chi connectivity index (χ2v) is 3.81. The summed E-state index contributed by atoms with van der Waals surface area (Å²) in [6.07, 6.45) is 11.6. The van der Waals surface area contributed by atoms with Crippen molar-refractivity contribution in [1.82, 2.24) is 5.32 Å². The molecule has 0 atom stereocenters. The van der Waals surface area contributed by atoms with Crippen LogP contribution < -0.4 is 5.32 Å². The molecule has 0 aliphatic carbocycles. The fraction of sp³-hybridized carbons (Fsp3) is 0. The maximum Gasteiger partial charge on any atom is 0.00106 e. The molecule has 0 saturated carbocycles. The molecule has 84 valence electrons. The Labute approximate surface area is 102 Å². The molecule has 1 aliphatic heterocycles. The van der Waals surface area contributed by atoms with Crippen LogP contribution in [0.3, 0.4) is 0 Å². The highest BCUT2D eigenvalue weighted by molar-refractivity contribution is 5.84. The van der Waals surface area contributed by atoms with Gasteiger partial charge in [0.05, 0.1) is 0 Å². The lowest BCUT2D eigenvalue weighted by Gasteiger charge is -2.09. The van der Waals surface area contributed by atoms with E-state index in [1.54, 1.807) is 0 Å². The van der Waals surface area contributed by atoms with E-state index in [4.69, 9.17) is 0 Å². The topological polar surface area (TPSA) is 12.0 Å². The van der Waals surface area contributed by atoms with Crippen LogP contribution in [0.2, 0.25) is 0 Å². The highest BCUT2D eigenvalue weighted by atomic mass is 14.8.